The number of anilines is 1. The number of hydrogen-bond donors (Lipinski definition) is 1. The molecule has 3 rings (SSSR count). The molecule has 106 valence electrons. The van der Waals surface area contributed by atoms with Crippen LogP contribution in [0.1, 0.15) is 12.8 Å². The fourth-order valence-corrected chi connectivity index (χ4v) is 3.09. The lowest BCUT2D eigenvalue weighted by atomic mass is 10.2. The molecule has 0 bridgehead atoms. The Labute approximate surface area is 126 Å². The minimum absolute atomic E-state index is 0.115. The number of amides is 1. The molecule has 21 heavy (non-hydrogen) atoms. The van der Waals surface area contributed by atoms with Gasteiger partial charge in [0.15, 0.2) is 6.19 Å². The van der Waals surface area contributed by atoms with Crippen molar-refractivity contribution in [2.75, 3.05) is 11.9 Å². The van der Waals surface area contributed by atoms with Gasteiger partial charge in [0.2, 0.25) is 5.91 Å². The van der Waals surface area contributed by atoms with Crippen molar-refractivity contribution in [3.05, 3.63) is 35.8 Å². The molecule has 1 amide bonds. The van der Waals surface area contributed by atoms with Crippen LogP contribution in [0.4, 0.5) is 5.69 Å². The van der Waals surface area contributed by atoms with Gasteiger partial charge in [0.05, 0.1) is 0 Å². The number of carbonyl (C=O) groups excluding carboxylic acids is 1. The van der Waals surface area contributed by atoms with E-state index < -0.39 is 0 Å². The first-order valence-corrected chi connectivity index (χ1v) is 7.63. The molecule has 1 aromatic carbocycles. The average molecular weight is 298 g/mol. The number of hydrogen-bond acceptors (Lipinski definition) is 5. The standard InChI is InChI=1S/C15H14N4OS/c16-10-19-8-1-2-13(19)14(20)18-12-5-3-11(4-6-12)15-17-7-9-21-15/h3-7,9,13H,1-2,8H2,(H,18,20). The number of nitriles is 1. The molecule has 0 spiro atoms. The van der Waals surface area contributed by atoms with Crippen LogP contribution in [-0.4, -0.2) is 28.4 Å². The van der Waals surface area contributed by atoms with Crippen molar-refractivity contribution in [3.8, 4) is 16.8 Å². The lowest BCUT2D eigenvalue weighted by molar-refractivity contribution is -0.119. The second-order valence-corrected chi connectivity index (χ2v) is 5.75. The Morgan fingerprint density at radius 3 is 2.90 bits per heavy atom. The average Bonchev–Trinajstić information content (AvgIpc) is 3.19. The number of carbonyl (C=O) groups is 1. The molecule has 1 aliphatic rings. The molecule has 5 nitrogen and oxygen atoms in total. The normalized spacial score (nSPS) is 17.5. The molecule has 1 unspecified atom stereocenters. The first kappa shape index (κ1) is 13.6. The predicted octanol–water partition coefficient (Wildman–Crippen LogP) is 2.69. The highest BCUT2D eigenvalue weighted by Crippen LogP contribution is 2.24. The molecule has 1 atom stereocenters. The van der Waals surface area contributed by atoms with E-state index in [4.69, 9.17) is 5.26 Å². The van der Waals surface area contributed by atoms with E-state index in [1.54, 1.807) is 22.4 Å². The summed E-state index contributed by atoms with van der Waals surface area (Å²) < 4.78 is 0. The van der Waals surface area contributed by atoms with E-state index >= 15 is 0 Å². The lowest BCUT2D eigenvalue weighted by Gasteiger charge is -2.17. The highest BCUT2D eigenvalue weighted by molar-refractivity contribution is 7.13. The Balaban J connectivity index is 1.68. The predicted molar refractivity (Wildman–Crippen MR) is 81.5 cm³/mol. The SMILES string of the molecule is N#CN1CCCC1C(=O)Nc1ccc(-c2nccs2)cc1. The number of aromatic nitrogens is 1. The summed E-state index contributed by atoms with van der Waals surface area (Å²) in [6, 6.07) is 7.25. The van der Waals surface area contributed by atoms with E-state index in [-0.39, 0.29) is 11.9 Å². The van der Waals surface area contributed by atoms with Crippen molar-refractivity contribution in [2.24, 2.45) is 0 Å². The summed E-state index contributed by atoms with van der Waals surface area (Å²) in [5, 5.41) is 14.7. The minimum atomic E-state index is -0.339. The Hall–Kier alpha value is -2.39. The molecule has 1 aliphatic heterocycles. The molecule has 0 saturated carbocycles. The third-order valence-corrected chi connectivity index (χ3v) is 4.34. The highest BCUT2D eigenvalue weighted by atomic mass is 32.1. The molecule has 6 heteroatoms. The number of rotatable bonds is 3. The van der Waals surface area contributed by atoms with Gasteiger partial charge in [-0.15, -0.1) is 11.3 Å². The van der Waals surface area contributed by atoms with Crippen molar-refractivity contribution in [2.45, 2.75) is 18.9 Å². The van der Waals surface area contributed by atoms with Gasteiger partial charge in [-0.1, -0.05) is 0 Å². The summed E-state index contributed by atoms with van der Waals surface area (Å²) >= 11 is 1.58. The van der Waals surface area contributed by atoms with Crippen LogP contribution in [0.3, 0.4) is 0 Å². The van der Waals surface area contributed by atoms with Crippen molar-refractivity contribution in [1.82, 2.24) is 9.88 Å². The maximum Gasteiger partial charge on any atom is 0.247 e. The monoisotopic (exact) mass is 298 g/mol. The summed E-state index contributed by atoms with van der Waals surface area (Å²) in [6.45, 7) is 0.664. The van der Waals surface area contributed by atoms with Crippen LogP contribution in [0.2, 0.25) is 0 Å². The zero-order chi connectivity index (χ0) is 14.7. The van der Waals surface area contributed by atoms with Crippen LogP contribution in [0.15, 0.2) is 35.8 Å². The Morgan fingerprint density at radius 1 is 1.43 bits per heavy atom. The zero-order valence-electron chi connectivity index (χ0n) is 11.3. The minimum Gasteiger partial charge on any atom is -0.324 e. The molecule has 1 fully saturated rings. The van der Waals surface area contributed by atoms with Crippen LogP contribution < -0.4 is 5.32 Å². The van der Waals surface area contributed by atoms with Crippen LogP contribution in [0.5, 0.6) is 0 Å². The van der Waals surface area contributed by atoms with Gasteiger partial charge in [0, 0.05) is 29.4 Å². The maximum atomic E-state index is 12.2. The summed E-state index contributed by atoms with van der Waals surface area (Å²) in [6.07, 6.45) is 5.46. The van der Waals surface area contributed by atoms with Gasteiger partial charge in [-0.25, -0.2) is 4.98 Å². The third-order valence-electron chi connectivity index (χ3n) is 3.52. The molecule has 0 aliphatic carbocycles. The number of nitrogens with one attached hydrogen (secondary N) is 1. The Kier molecular flexibility index (Phi) is 3.84. The lowest BCUT2D eigenvalue weighted by Crippen LogP contribution is -2.36. The van der Waals surface area contributed by atoms with E-state index in [9.17, 15) is 4.79 Å². The van der Waals surface area contributed by atoms with Crippen LogP contribution in [0, 0.1) is 11.5 Å². The van der Waals surface area contributed by atoms with Crippen molar-refractivity contribution in [1.29, 1.82) is 5.26 Å². The fraction of sp³-hybridized carbons (Fsp3) is 0.267. The second-order valence-electron chi connectivity index (χ2n) is 4.86. The maximum absolute atomic E-state index is 12.2. The first-order valence-electron chi connectivity index (χ1n) is 6.75. The first-order chi connectivity index (χ1) is 10.3. The number of nitrogens with zero attached hydrogens (tertiary/aromatic N) is 3. The van der Waals surface area contributed by atoms with Crippen LogP contribution in [0.25, 0.3) is 10.6 Å². The molecular weight excluding hydrogens is 284 g/mol. The van der Waals surface area contributed by atoms with Gasteiger partial charge < -0.3 is 5.32 Å². The largest absolute Gasteiger partial charge is 0.324 e. The van der Waals surface area contributed by atoms with E-state index in [1.165, 1.54) is 0 Å². The van der Waals surface area contributed by atoms with Crippen LogP contribution in [-0.2, 0) is 4.79 Å². The smallest absolute Gasteiger partial charge is 0.247 e. The number of benzene rings is 1. The molecule has 1 saturated heterocycles. The molecular formula is C15H14N4OS. The van der Waals surface area contributed by atoms with E-state index in [2.05, 4.69) is 16.5 Å². The quantitative estimate of drug-likeness (QED) is 0.885. The molecule has 1 aromatic heterocycles. The molecule has 1 N–H and O–H groups in total. The van der Waals surface area contributed by atoms with Crippen molar-refractivity contribution < 1.29 is 4.79 Å². The summed E-state index contributed by atoms with van der Waals surface area (Å²) in [7, 11) is 0. The zero-order valence-corrected chi connectivity index (χ0v) is 12.1. The number of likely N-dealkylation sites (tertiary alicyclic amines) is 1. The molecule has 2 heterocycles. The van der Waals surface area contributed by atoms with Gasteiger partial charge in [-0.3, -0.25) is 9.69 Å². The van der Waals surface area contributed by atoms with Gasteiger partial charge in [-0.05, 0) is 37.1 Å². The summed E-state index contributed by atoms with van der Waals surface area (Å²) in [5.41, 5.74) is 1.77. The van der Waals surface area contributed by atoms with Gasteiger partial charge in [0.25, 0.3) is 0 Å². The second kappa shape index (κ2) is 5.94. The van der Waals surface area contributed by atoms with Crippen molar-refractivity contribution in [3.63, 3.8) is 0 Å². The van der Waals surface area contributed by atoms with Gasteiger partial charge in [-0.2, -0.15) is 5.26 Å². The Morgan fingerprint density at radius 2 is 2.24 bits per heavy atom. The topological polar surface area (TPSA) is 69.0 Å². The van der Waals surface area contributed by atoms with E-state index in [0.717, 1.165) is 29.1 Å². The van der Waals surface area contributed by atoms with Crippen LogP contribution >= 0.6 is 11.3 Å². The highest BCUT2D eigenvalue weighted by Gasteiger charge is 2.29. The third kappa shape index (κ3) is 2.88. The Bertz CT molecular complexity index is 660. The van der Waals surface area contributed by atoms with E-state index in [0.29, 0.717) is 6.54 Å². The van der Waals surface area contributed by atoms with Gasteiger partial charge >= 0.3 is 0 Å². The summed E-state index contributed by atoms with van der Waals surface area (Å²) in [5.74, 6) is -0.115. The van der Waals surface area contributed by atoms with Gasteiger partial charge in [0.1, 0.15) is 11.0 Å². The van der Waals surface area contributed by atoms with Crippen molar-refractivity contribution >= 4 is 22.9 Å². The number of thiazole rings is 1. The summed E-state index contributed by atoms with van der Waals surface area (Å²) in [4.78, 5) is 18.0. The molecule has 0 radical (unpaired) electrons. The molecule has 2 aromatic rings. The van der Waals surface area contributed by atoms with E-state index in [1.807, 2.05) is 29.6 Å². The fourth-order valence-electron chi connectivity index (χ4n) is 2.45.